The third-order valence-corrected chi connectivity index (χ3v) is 6.47. The number of hydrogen-bond acceptors (Lipinski definition) is 1. The molecule has 5 rings (SSSR count). The molecule has 2 heteroatoms. The van der Waals surface area contributed by atoms with Crippen LogP contribution in [0.5, 0.6) is 0 Å². The molecule has 0 aliphatic rings. The van der Waals surface area contributed by atoms with E-state index in [2.05, 4.69) is 84.6 Å². The Morgan fingerprint density at radius 3 is 2.50 bits per heavy atom. The zero-order valence-electron chi connectivity index (χ0n) is 17.3. The van der Waals surface area contributed by atoms with Crippen molar-refractivity contribution in [3.8, 4) is 22.4 Å². The quantitative estimate of drug-likeness (QED) is 0.295. The highest BCUT2D eigenvalue weighted by molar-refractivity contribution is 7.17. The average Bonchev–Trinajstić information content (AvgIpc) is 3.20. The molecular weight excluding hydrogens is 358 g/mol. The fourth-order valence-corrected chi connectivity index (χ4v) is 4.81. The molecule has 1 nitrogen and oxygen atoms in total. The molecule has 2 aromatic heterocycles. The number of aromatic nitrogens is 1. The highest BCUT2D eigenvalue weighted by Crippen LogP contribution is 2.34. The van der Waals surface area contributed by atoms with Gasteiger partial charge in [-0.05, 0) is 70.1 Å². The number of aryl methyl sites for hydroxylation is 1. The largest absolute Gasteiger partial charge is 0.220 e. The van der Waals surface area contributed by atoms with Crippen LogP contribution in [-0.4, -0.2) is 0 Å². The van der Waals surface area contributed by atoms with Crippen LogP contribution in [0.1, 0.15) is 12.6 Å². The van der Waals surface area contributed by atoms with Crippen molar-refractivity contribution in [3.63, 3.8) is 0 Å². The number of thiophene rings is 1. The summed E-state index contributed by atoms with van der Waals surface area (Å²) in [5.74, 6) is 0. The summed E-state index contributed by atoms with van der Waals surface area (Å²) in [6, 6.07) is 24.3. The Morgan fingerprint density at radius 1 is 0.857 bits per heavy atom. The zero-order valence-corrected chi connectivity index (χ0v) is 17.1. The van der Waals surface area contributed by atoms with Crippen molar-refractivity contribution in [2.75, 3.05) is 0 Å². The zero-order chi connectivity index (χ0) is 20.1. The summed E-state index contributed by atoms with van der Waals surface area (Å²) < 4.78 is 12.3. The van der Waals surface area contributed by atoms with Gasteiger partial charge in [-0.25, -0.2) is 0 Å². The van der Waals surface area contributed by atoms with E-state index in [4.69, 9.17) is 1.37 Å². The maximum absolute atomic E-state index is 8.79. The number of pyridine rings is 1. The Hall–Kier alpha value is -2.97. The molecule has 0 saturated carbocycles. The molecule has 0 radical (unpaired) electrons. The Kier molecular flexibility index (Phi) is 3.76. The van der Waals surface area contributed by atoms with Gasteiger partial charge in [-0.3, -0.25) is 0 Å². The standard InChI is InChI=1S/C26H22NS/c1-17-13-21-11-12-28-25(21)16-24(17)26-23-10-9-20(19-7-5-4-6-8-19)15-22(23)14-18(2)27(26)3/h4-16H,1-3H3/q+1/i14D. The van der Waals surface area contributed by atoms with Gasteiger partial charge >= 0.3 is 0 Å². The maximum atomic E-state index is 8.79. The van der Waals surface area contributed by atoms with Gasteiger partial charge in [-0.1, -0.05) is 36.4 Å². The van der Waals surface area contributed by atoms with Crippen molar-refractivity contribution >= 4 is 32.2 Å². The van der Waals surface area contributed by atoms with Crippen LogP contribution in [0.25, 0.3) is 43.2 Å². The molecule has 3 aromatic carbocycles. The Balaban J connectivity index is 1.84. The minimum atomic E-state index is 0.596. The summed E-state index contributed by atoms with van der Waals surface area (Å²) >= 11 is 1.78. The van der Waals surface area contributed by atoms with Crippen molar-refractivity contribution in [1.82, 2.24) is 0 Å². The summed E-state index contributed by atoms with van der Waals surface area (Å²) in [7, 11) is 2.07. The van der Waals surface area contributed by atoms with Gasteiger partial charge in [0.15, 0.2) is 5.69 Å². The Bertz CT molecular complexity index is 1380. The number of hydrogen-bond donors (Lipinski definition) is 0. The van der Waals surface area contributed by atoms with Gasteiger partial charge in [0, 0.05) is 17.7 Å². The topological polar surface area (TPSA) is 3.88 Å². The van der Waals surface area contributed by atoms with E-state index in [-0.39, 0.29) is 0 Å². The van der Waals surface area contributed by atoms with Crippen LogP contribution < -0.4 is 4.57 Å². The highest BCUT2D eigenvalue weighted by Gasteiger charge is 2.20. The van der Waals surface area contributed by atoms with Crippen molar-refractivity contribution in [2.45, 2.75) is 13.8 Å². The molecule has 0 amide bonds. The monoisotopic (exact) mass is 381 g/mol. The van der Waals surface area contributed by atoms with E-state index in [1.807, 2.05) is 13.0 Å². The van der Waals surface area contributed by atoms with Crippen LogP contribution in [0.15, 0.2) is 78.2 Å². The van der Waals surface area contributed by atoms with Gasteiger partial charge in [0.2, 0.25) is 5.69 Å². The molecule has 0 aliphatic heterocycles. The predicted octanol–water partition coefficient (Wildman–Crippen LogP) is 6.83. The van der Waals surface area contributed by atoms with Crippen LogP contribution in [0.2, 0.25) is 0 Å². The second-order valence-corrected chi connectivity index (χ2v) is 8.32. The summed E-state index contributed by atoms with van der Waals surface area (Å²) in [6.45, 7) is 4.22. The van der Waals surface area contributed by atoms with E-state index in [9.17, 15) is 0 Å². The first-order valence-electron chi connectivity index (χ1n) is 10.0. The first-order chi connectivity index (χ1) is 14.0. The number of nitrogens with zero attached hydrogens (tertiary/aromatic N) is 1. The first-order valence-corrected chi connectivity index (χ1v) is 10.4. The van der Waals surface area contributed by atoms with Gasteiger partial charge in [0.1, 0.15) is 7.05 Å². The second kappa shape index (κ2) is 6.57. The molecule has 0 atom stereocenters. The van der Waals surface area contributed by atoms with Crippen LogP contribution in [-0.2, 0) is 7.05 Å². The van der Waals surface area contributed by atoms with Gasteiger partial charge in [-0.2, -0.15) is 4.57 Å². The molecule has 28 heavy (non-hydrogen) atoms. The lowest BCUT2D eigenvalue weighted by Gasteiger charge is -2.12. The van der Waals surface area contributed by atoms with Crippen LogP contribution in [0.4, 0.5) is 0 Å². The molecule has 5 aromatic rings. The average molecular weight is 382 g/mol. The molecular formula is C26H22NS+. The van der Waals surface area contributed by atoms with E-state index in [1.54, 1.807) is 11.3 Å². The van der Waals surface area contributed by atoms with Crippen LogP contribution >= 0.6 is 11.3 Å². The van der Waals surface area contributed by atoms with Gasteiger partial charge < -0.3 is 0 Å². The lowest BCUT2D eigenvalue weighted by atomic mass is 9.95. The molecule has 0 saturated heterocycles. The lowest BCUT2D eigenvalue weighted by molar-refractivity contribution is -0.665. The predicted molar refractivity (Wildman–Crippen MR) is 121 cm³/mol. The highest BCUT2D eigenvalue weighted by atomic mass is 32.1. The Morgan fingerprint density at radius 2 is 1.68 bits per heavy atom. The minimum absolute atomic E-state index is 0.596. The number of fused-ring (bicyclic) bond motifs is 2. The molecule has 0 bridgehead atoms. The summed E-state index contributed by atoms with van der Waals surface area (Å²) in [5.41, 5.74) is 6.98. The van der Waals surface area contributed by atoms with E-state index >= 15 is 0 Å². The van der Waals surface area contributed by atoms with Gasteiger partial charge in [-0.15, -0.1) is 11.3 Å². The van der Waals surface area contributed by atoms with Crippen molar-refractivity contribution < 1.29 is 5.94 Å². The van der Waals surface area contributed by atoms with Crippen molar-refractivity contribution in [3.05, 3.63) is 89.4 Å². The number of benzene rings is 3. The normalized spacial score (nSPS) is 11.9. The molecule has 0 aliphatic carbocycles. The van der Waals surface area contributed by atoms with Gasteiger partial charge in [0.05, 0.1) is 12.3 Å². The smallest absolute Gasteiger partial charge is 0.198 e. The summed E-state index contributed by atoms with van der Waals surface area (Å²) in [5, 5.41) is 5.57. The van der Waals surface area contributed by atoms with E-state index in [0.29, 0.717) is 6.04 Å². The molecule has 136 valence electrons. The SMILES string of the molecule is [2H]c1c(C)[n+](C)c(-c2cc3sccc3cc2C)c2ccc(-c3ccccc3)cc12. The van der Waals surface area contributed by atoms with Crippen molar-refractivity contribution in [2.24, 2.45) is 7.05 Å². The Labute approximate surface area is 170 Å². The third kappa shape index (κ3) is 2.73. The fourth-order valence-electron chi connectivity index (χ4n) is 4.00. The first kappa shape index (κ1) is 16.0. The van der Waals surface area contributed by atoms with E-state index in [1.165, 1.54) is 32.5 Å². The van der Waals surface area contributed by atoms with Crippen LogP contribution in [0.3, 0.4) is 0 Å². The maximum Gasteiger partial charge on any atom is 0.220 e. The molecule has 0 N–H and O–H groups in total. The number of rotatable bonds is 2. The fraction of sp³-hybridized carbons (Fsp3) is 0.115. The molecule has 0 spiro atoms. The van der Waals surface area contributed by atoms with E-state index < -0.39 is 0 Å². The summed E-state index contributed by atoms with van der Waals surface area (Å²) in [6.07, 6.45) is 0. The molecule has 2 heterocycles. The van der Waals surface area contributed by atoms with Crippen molar-refractivity contribution in [1.29, 1.82) is 0 Å². The van der Waals surface area contributed by atoms with Crippen LogP contribution in [0, 0.1) is 13.8 Å². The summed E-state index contributed by atoms with van der Waals surface area (Å²) in [4.78, 5) is 0. The third-order valence-electron chi connectivity index (χ3n) is 5.59. The molecule has 0 unspecified atom stereocenters. The van der Waals surface area contributed by atoms with E-state index in [0.717, 1.165) is 22.0 Å². The minimum Gasteiger partial charge on any atom is -0.198 e. The van der Waals surface area contributed by atoms with Gasteiger partial charge in [0.25, 0.3) is 0 Å². The molecule has 0 fully saturated rings. The second-order valence-electron chi connectivity index (χ2n) is 7.37. The lowest BCUT2D eigenvalue weighted by Crippen LogP contribution is -2.35.